The van der Waals surface area contributed by atoms with E-state index in [4.69, 9.17) is 4.74 Å². The predicted molar refractivity (Wildman–Crippen MR) is 93.3 cm³/mol. The number of nitrogens with zero attached hydrogens (tertiary/aromatic N) is 3. The van der Waals surface area contributed by atoms with Crippen LogP contribution in [0.1, 0.15) is 16.9 Å². The first-order valence-corrected chi connectivity index (χ1v) is 8.47. The molecular formula is C16H16N4O5S. The van der Waals surface area contributed by atoms with E-state index in [1.54, 1.807) is 24.3 Å². The van der Waals surface area contributed by atoms with Gasteiger partial charge in [0, 0.05) is 24.5 Å². The zero-order valence-electron chi connectivity index (χ0n) is 14.1. The van der Waals surface area contributed by atoms with Crippen LogP contribution in [-0.4, -0.2) is 48.1 Å². The molecular weight excluding hydrogens is 360 g/mol. The minimum absolute atomic E-state index is 0.0586. The van der Waals surface area contributed by atoms with Crippen molar-refractivity contribution in [3.05, 3.63) is 30.0 Å². The number of benzene rings is 1. The molecule has 1 aromatic carbocycles. The van der Waals surface area contributed by atoms with Crippen molar-refractivity contribution >= 4 is 40.0 Å². The molecule has 26 heavy (non-hydrogen) atoms. The lowest BCUT2D eigenvalue weighted by Crippen LogP contribution is -2.28. The minimum atomic E-state index is -0.688. The molecule has 1 atom stereocenters. The molecule has 0 radical (unpaired) electrons. The predicted octanol–water partition coefficient (Wildman–Crippen LogP) is 1.32. The second-order valence-electron chi connectivity index (χ2n) is 5.51. The summed E-state index contributed by atoms with van der Waals surface area (Å²) in [5.41, 5.74) is 0.557. The molecule has 0 spiro atoms. The van der Waals surface area contributed by atoms with E-state index < -0.39 is 11.9 Å². The summed E-state index contributed by atoms with van der Waals surface area (Å²) in [4.78, 5) is 38.0. The third-order valence-corrected chi connectivity index (χ3v) is 4.62. The van der Waals surface area contributed by atoms with Crippen LogP contribution in [0, 0.1) is 5.92 Å². The highest BCUT2D eigenvalue weighted by molar-refractivity contribution is 7.10. The van der Waals surface area contributed by atoms with Crippen molar-refractivity contribution in [1.82, 2.24) is 9.59 Å². The van der Waals surface area contributed by atoms with Crippen molar-refractivity contribution in [1.29, 1.82) is 0 Å². The Morgan fingerprint density at radius 3 is 2.81 bits per heavy atom. The van der Waals surface area contributed by atoms with Gasteiger partial charge in [-0.3, -0.25) is 9.59 Å². The fraction of sp³-hybridized carbons (Fsp3) is 0.312. The molecule has 1 saturated heterocycles. The number of ether oxygens (including phenoxy) is 2. The minimum Gasteiger partial charge on any atom is -0.495 e. The van der Waals surface area contributed by atoms with Crippen molar-refractivity contribution in [2.24, 2.45) is 5.92 Å². The van der Waals surface area contributed by atoms with E-state index in [9.17, 15) is 14.4 Å². The number of aromatic nitrogens is 2. The molecule has 2 aromatic rings. The van der Waals surface area contributed by atoms with Gasteiger partial charge in [0.25, 0.3) is 0 Å². The van der Waals surface area contributed by atoms with Gasteiger partial charge in [0.2, 0.25) is 17.5 Å². The van der Waals surface area contributed by atoms with Gasteiger partial charge in [0.1, 0.15) is 5.75 Å². The Morgan fingerprint density at radius 1 is 1.31 bits per heavy atom. The molecule has 1 aliphatic rings. The molecule has 2 amide bonds. The zero-order valence-corrected chi connectivity index (χ0v) is 14.9. The molecule has 3 rings (SSSR count). The van der Waals surface area contributed by atoms with Crippen LogP contribution in [-0.2, 0) is 14.3 Å². The van der Waals surface area contributed by atoms with Gasteiger partial charge in [-0.2, -0.15) is 0 Å². The van der Waals surface area contributed by atoms with Gasteiger partial charge in [0.15, 0.2) is 5.00 Å². The number of carbonyl (C=O) groups is 3. The maximum atomic E-state index is 12.5. The second kappa shape index (κ2) is 7.48. The molecule has 2 heterocycles. The van der Waals surface area contributed by atoms with E-state index in [0.29, 0.717) is 11.4 Å². The average Bonchev–Trinajstić information content (AvgIpc) is 3.27. The summed E-state index contributed by atoms with van der Waals surface area (Å²) in [7, 11) is 2.74. The summed E-state index contributed by atoms with van der Waals surface area (Å²) in [6.07, 6.45) is 0.0592. The van der Waals surface area contributed by atoms with Gasteiger partial charge in [-0.1, -0.05) is 16.6 Å². The molecule has 1 fully saturated rings. The van der Waals surface area contributed by atoms with Crippen LogP contribution in [0.2, 0.25) is 0 Å². The number of methoxy groups -OCH3 is 2. The standard InChI is InChI=1S/C16H16N4O5S/c1-24-11-6-4-3-5-10(11)20-8-9(7-12(20)21)14(22)17-15-13(16(23)25-2)18-19-26-15/h3-6,9H,7-8H2,1-2H3,(H,17,22)/t9-/m1/s1. The number of hydrogen-bond acceptors (Lipinski definition) is 8. The van der Waals surface area contributed by atoms with E-state index >= 15 is 0 Å². The lowest BCUT2D eigenvalue weighted by molar-refractivity contribution is -0.122. The largest absolute Gasteiger partial charge is 0.495 e. The summed E-state index contributed by atoms with van der Waals surface area (Å²) in [6, 6.07) is 7.11. The molecule has 0 saturated carbocycles. The summed E-state index contributed by atoms with van der Waals surface area (Å²) in [5.74, 6) is -1.26. The Morgan fingerprint density at radius 2 is 2.08 bits per heavy atom. The van der Waals surface area contributed by atoms with Crippen LogP contribution in [0.25, 0.3) is 0 Å². The fourth-order valence-electron chi connectivity index (χ4n) is 2.69. The first-order chi connectivity index (χ1) is 12.5. The number of nitrogens with one attached hydrogen (secondary N) is 1. The van der Waals surface area contributed by atoms with Crippen molar-refractivity contribution in [3.63, 3.8) is 0 Å². The third-order valence-electron chi connectivity index (χ3n) is 3.98. The molecule has 10 heteroatoms. The van der Waals surface area contributed by atoms with Gasteiger partial charge in [-0.05, 0) is 12.1 Å². The summed E-state index contributed by atoms with van der Waals surface area (Å²) < 4.78 is 13.5. The lowest BCUT2D eigenvalue weighted by Gasteiger charge is -2.19. The number of esters is 1. The van der Waals surface area contributed by atoms with Crippen molar-refractivity contribution < 1.29 is 23.9 Å². The topological polar surface area (TPSA) is 111 Å². The van der Waals surface area contributed by atoms with Crippen LogP contribution >= 0.6 is 11.5 Å². The molecule has 1 aromatic heterocycles. The van der Waals surface area contributed by atoms with E-state index in [1.165, 1.54) is 19.1 Å². The number of rotatable bonds is 5. The molecule has 136 valence electrons. The van der Waals surface area contributed by atoms with Gasteiger partial charge >= 0.3 is 5.97 Å². The van der Waals surface area contributed by atoms with Gasteiger partial charge in [-0.15, -0.1) is 5.10 Å². The number of anilines is 2. The smallest absolute Gasteiger partial charge is 0.361 e. The summed E-state index contributed by atoms with van der Waals surface area (Å²) in [6.45, 7) is 0.213. The molecule has 1 N–H and O–H groups in total. The first-order valence-electron chi connectivity index (χ1n) is 7.70. The molecule has 1 aliphatic heterocycles. The Labute approximate surface area is 153 Å². The van der Waals surface area contributed by atoms with Crippen LogP contribution in [0.4, 0.5) is 10.7 Å². The van der Waals surface area contributed by atoms with E-state index in [0.717, 1.165) is 11.5 Å². The van der Waals surface area contributed by atoms with Crippen LogP contribution < -0.4 is 15.0 Å². The van der Waals surface area contributed by atoms with Crippen molar-refractivity contribution in [2.45, 2.75) is 6.42 Å². The highest BCUT2D eigenvalue weighted by Gasteiger charge is 2.37. The highest BCUT2D eigenvalue weighted by atomic mass is 32.1. The van der Waals surface area contributed by atoms with Crippen molar-refractivity contribution in [3.8, 4) is 5.75 Å². The maximum absolute atomic E-state index is 12.5. The van der Waals surface area contributed by atoms with Crippen LogP contribution in [0.5, 0.6) is 5.75 Å². The number of carbonyl (C=O) groups excluding carboxylic acids is 3. The SMILES string of the molecule is COC(=O)c1nnsc1NC(=O)[C@@H]1CC(=O)N(c2ccccc2OC)C1. The van der Waals surface area contributed by atoms with Crippen LogP contribution in [0.15, 0.2) is 24.3 Å². The highest BCUT2D eigenvalue weighted by Crippen LogP contribution is 2.33. The average molecular weight is 376 g/mol. The first kappa shape index (κ1) is 17.8. The van der Waals surface area contributed by atoms with E-state index in [2.05, 4.69) is 19.6 Å². The Balaban J connectivity index is 1.74. The van der Waals surface area contributed by atoms with E-state index in [1.807, 2.05) is 0 Å². The summed E-state index contributed by atoms with van der Waals surface area (Å²) >= 11 is 0.872. The van der Waals surface area contributed by atoms with Gasteiger partial charge < -0.3 is 19.7 Å². The number of amides is 2. The molecule has 0 unspecified atom stereocenters. The number of para-hydroxylation sites is 2. The monoisotopic (exact) mass is 376 g/mol. The second-order valence-corrected chi connectivity index (χ2v) is 6.26. The van der Waals surface area contributed by atoms with Gasteiger partial charge in [-0.25, -0.2) is 4.79 Å². The summed E-state index contributed by atoms with van der Waals surface area (Å²) in [5, 5.41) is 6.46. The quantitative estimate of drug-likeness (QED) is 0.784. The Kier molecular flexibility index (Phi) is 5.12. The van der Waals surface area contributed by atoms with Crippen molar-refractivity contribution in [2.75, 3.05) is 31.0 Å². The lowest BCUT2D eigenvalue weighted by atomic mass is 10.1. The fourth-order valence-corrected chi connectivity index (χ4v) is 3.25. The normalized spacial score (nSPS) is 16.5. The Hall–Kier alpha value is -3.01. The number of hydrogen-bond donors (Lipinski definition) is 1. The van der Waals surface area contributed by atoms with Crippen LogP contribution in [0.3, 0.4) is 0 Å². The Bertz CT molecular complexity index is 853. The third kappa shape index (κ3) is 3.36. The molecule has 9 nitrogen and oxygen atoms in total. The van der Waals surface area contributed by atoms with E-state index in [-0.39, 0.29) is 35.5 Å². The zero-order chi connectivity index (χ0) is 18.7. The molecule has 0 aliphatic carbocycles. The van der Waals surface area contributed by atoms with Gasteiger partial charge in [0.05, 0.1) is 25.8 Å². The molecule has 0 bridgehead atoms. The maximum Gasteiger partial charge on any atom is 0.361 e.